The first-order valence-electron chi connectivity index (χ1n) is 6.50. The molecule has 18 heavy (non-hydrogen) atoms. The Morgan fingerprint density at radius 1 is 1.50 bits per heavy atom. The SMILES string of the molecule is CNCC1CCN(Cc2cn3cccnc3n2)C1. The zero-order valence-corrected chi connectivity index (χ0v) is 10.7. The third-order valence-electron chi connectivity index (χ3n) is 3.53. The van der Waals surface area contributed by atoms with Crippen molar-refractivity contribution in [3.05, 3.63) is 30.4 Å². The Kier molecular flexibility index (Phi) is 3.25. The second-order valence-electron chi connectivity index (χ2n) is 5.01. The van der Waals surface area contributed by atoms with Gasteiger partial charge in [-0.3, -0.25) is 9.30 Å². The van der Waals surface area contributed by atoms with Gasteiger partial charge in [-0.2, -0.15) is 0 Å². The van der Waals surface area contributed by atoms with Crippen molar-refractivity contribution in [2.24, 2.45) is 5.92 Å². The first kappa shape index (κ1) is 11.6. The fourth-order valence-corrected chi connectivity index (χ4v) is 2.70. The predicted octanol–water partition coefficient (Wildman–Crippen LogP) is 0.771. The highest BCUT2D eigenvalue weighted by atomic mass is 15.2. The third-order valence-corrected chi connectivity index (χ3v) is 3.53. The van der Waals surface area contributed by atoms with Crippen molar-refractivity contribution in [1.29, 1.82) is 0 Å². The van der Waals surface area contributed by atoms with Crippen LogP contribution in [0.3, 0.4) is 0 Å². The van der Waals surface area contributed by atoms with Crippen molar-refractivity contribution in [1.82, 2.24) is 24.6 Å². The zero-order valence-electron chi connectivity index (χ0n) is 10.7. The quantitative estimate of drug-likeness (QED) is 0.864. The van der Waals surface area contributed by atoms with E-state index in [0.717, 1.165) is 30.5 Å². The maximum atomic E-state index is 4.54. The van der Waals surface area contributed by atoms with E-state index in [1.54, 1.807) is 6.20 Å². The molecule has 0 radical (unpaired) electrons. The van der Waals surface area contributed by atoms with Crippen molar-refractivity contribution >= 4 is 5.78 Å². The van der Waals surface area contributed by atoms with Crippen LogP contribution in [0.4, 0.5) is 0 Å². The van der Waals surface area contributed by atoms with Crippen LogP contribution in [0.1, 0.15) is 12.1 Å². The minimum Gasteiger partial charge on any atom is -0.319 e. The van der Waals surface area contributed by atoms with Crippen molar-refractivity contribution in [2.45, 2.75) is 13.0 Å². The number of nitrogens with one attached hydrogen (secondary N) is 1. The molecule has 1 atom stereocenters. The molecule has 0 aromatic carbocycles. The average Bonchev–Trinajstić information content (AvgIpc) is 2.96. The summed E-state index contributed by atoms with van der Waals surface area (Å²) in [6.45, 7) is 4.39. The molecule has 1 aliphatic heterocycles. The molecule has 0 spiro atoms. The lowest BCUT2D eigenvalue weighted by Gasteiger charge is -2.14. The lowest BCUT2D eigenvalue weighted by atomic mass is 10.1. The summed E-state index contributed by atoms with van der Waals surface area (Å²) in [6.07, 6.45) is 7.14. The Labute approximate surface area is 107 Å². The highest BCUT2D eigenvalue weighted by Crippen LogP contribution is 2.17. The van der Waals surface area contributed by atoms with Crippen LogP contribution in [0.2, 0.25) is 0 Å². The Balaban J connectivity index is 1.66. The van der Waals surface area contributed by atoms with Crippen LogP contribution in [0, 0.1) is 5.92 Å². The van der Waals surface area contributed by atoms with Gasteiger partial charge in [0.1, 0.15) is 0 Å². The van der Waals surface area contributed by atoms with Crippen LogP contribution in [0.5, 0.6) is 0 Å². The number of fused-ring (bicyclic) bond motifs is 1. The molecule has 0 amide bonds. The molecule has 1 fully saturated rings. The van der Waals surface area contributed by atoms with Crippen LogP contribution >= 0.6 is 0 Å². The summed E-state index contributed by atoms with van der Waals surface area (Å²) < 4.78 is 1.98. The third kappa shape index (κ3) is 2.37. The highest BCUT2D eigenvalue weighted by Gasteiger charge is 2.22. The fraction of sp³-hybridized carbons (Fsp3) is 0.538. The summed E-state index contributed by atoms with van der Waals surface area (Å²) in [5.41, 5.74) is 1.11. The monoisotopic (exact) mass is 245 g/mol. The number of hydrogen-bond acceptors (Lipinski definition) is 4. The Bertz CT molecular complexity index is 488. The van der Waals surface area contributed by atoms with E-state index in [9.17, 15) is 0 Å². The Morgan fingerprint density at radius 2 is 2.44 bits per heavy atom. The molecular weight excluding hydrogens is 226 g/mol. The minimum absolute atomic E-state index is 0.783. The summed E-state index contributed by atoms with van der Waals surface area (Å²) in [6, 6.07) is 1.93. The van der Waals surface area contributed by atoms with E-state index < -0.39 is 0 Å². The number of rotatable bonds is 4. The lowest BCUT2D eigenvalue weighted by Crippen LogP contribution is -2.24. The summed E-state index contributed by atoms with van der Waals surface area (Å²) in [7, 11) is 2.02. The molecule has 1 aliphatic rings. The van der Waals surface area contributed by atoms with Crippen molar-refractivity contribution in [3.8, 4) is 0 Å². The predicted molar refractivity (Wildman–Crippen MR) is 70.3 cm³/mol. The summed E-state index contributed by atoms with van der Waals surface area (Å²) in [4.78, 5) is 11.3. The van der Waals surface area contributed by atoms with Crippen molar-refractivity contribution in [3.63, 3.8) is 0 Å². The van der Waals surface area contributed by atoms with E-state index in [4.69, 9.17) is 0 Å². The minimum atomic E-state index is 0.783. The van der Waals surface area contributed by atoms with Crippen LogP contribution in [0.15, 0.2) is 24.7 Å². The van der Waals surface area contributed by atoms with Gasteiger partial charge in [0.25, 0.3) is 0 Å². The smallest absolute Gasteiger partial charge is 0.233 e. The molecule has 96 valence electrons. The second-order valence-corrected chi connectivity index (χ2v) is 5.01. The van der Waals surface area contributed by atoms with Gasteiger partial charge in [0.15, 0.2) is 0 Å². The summed E-state index contributed by atoms with van der Waals surface area (Å²) >= 11 is 0. The van der Waals surface area contributed by atoms with Crippen LogP contribution in [0.25, 0.3) is 5.78 Å². The maximum Gasteiger partial charge on any atom is 0.233 e. The Hall–Kier alpha value is -1.46. The standard InChI is InChI=1S/C13H19N5/c1-14-7-11-3-6-17(8-11)9-12-10-18-5-2-4-15-13(18)16-12/h2,4-5,10-11,14H,3,6-9H2,1H3. The van der Waals surface area contributed by atoms with Gasteiger partial charge in [0.05, 0.1) is 5.69 Å². The molecule has 0 saturated carbocycles. The molecule has 1 saturated heterocycles. The van der Waals surface area contributed by atoms with Gasteiger partial charge in [0, 0.05) is 31.7 Å². The summed E-state index contributed by atoms with van der Waals surface area (Å²) in [5.74, 6) is 1.57. The molecule has 2 aromatic heterocycles. The van der Waals surface area contributed by atoms with E-state index in [2.05, 4.69) is 26.4 Å². The maximum absolute atomic E-state index is 4.54. The van der Waals surface area contributed by atoms with E-state index in [-0.39, 0.29) is 0 Å². The zero-order chi connectivity index (χ0) is 12.4. The molecule has 1 N–H and O–H groups in total. The number of hydrogen-bond donors (Lipinski definition) is 1. The number of likely N-dealkylation sites (tertiary alicyclic amines) is 1. The highest BCUT2D eigenvalue weighted by molar-refractivity contribution is 5.29. The van der Waals surface area contributed by atoms with Crippen molar-refractivity contribution < 1.29 is 0 Å². The lowest BCUT2D eigenvalue weighted by molar-refractivity contribution is 0.312. The number of imidazole rings is 1. The van der Waals surface area contributed by atoms with E-state index in [0.29, 0.717) is 0 Å². The van der Waals surface area contributed by atoms with E-state index in [1.807, 2.05) is 23.7 Å². The fourth-order valence-electron chi connectivity index (χ4n) is 2.70. The van der Waals surface area contributed by atoms with Gasteiger partial charge in [-0.05, 0) is 38.5 Å². The largest absolute Gasteiger partial charge is 0.319 e. The van der Waals surface area contributed by atoms with Gasteiger partial charge in [0.2, 0.25) is 5.78 Å². The Morgan fingerprint density at radius 3 is 3.28 bits per heavy atom. The normalized spacial score (nSPS) is 20.8. The van der Waals surface area contributed by atoms with Crippen LogP contribution in [-0.4, -0.2) is 46.0 Å². The van der Waals surface area contributed by atoms with E-state index >= 15 is 0 Å². The van der Waals surface area contributed by atoms with Gasteiger partial charge < -0.3 is 5.32 Å². The molecule has 3 heterocycles. The second kappa shape index (κ2) is 5.04. The summed E-state index contributed by atoms with van der Waals surface area (Å²) in [5, 5.41) is 3.26. The molecular formula is C13H19N5. The van der Waals surface area contributed by atoms with E-state index in [1.165, 1.54) is 19.5 Å². The van der Waals surface area contributed by atoms with Crippen LogP contribution in [-0.2, 0) is 6.54 Å². The molecule has 3 rings (SSSR count). The van der Waals surface area contributed by atoms with Gasteiger partial charge >= 0.3 is 0 Å². The molecule has 0 aliphatic carbocycles. The molecule has 5 heteroatoms. The van der Waals surface area contributed by atoms with Crippen molar-refractivity contribution in [2.75, 3.05) is 26.7 Å². The number of aromatic nitrogens is 3. The average molecular weight is 245 g/mol. The molecule has 0 bridgehead atoms. The molecule has 2 aromatic rings. The molecule has 1 unspecified atom stereocenters. The van der Waals surface area contributed by atoms with Gasteiger partial charge in [-0.15, -0.1) is 0 Å². The first-order valence-corrected chi connectivity index (χ1v) is 6.50. The van der Waals surface area contributed by atoms with Crippen LogP contribution < -0.4 is 5.32 Å². The van der Waals surface area contributed by atoms with Gasteiger partial charge in [-0.25, -0.2) is 9.97 Å². The topological polar surface area (TPSA) is 45.5 Å². The first-order chi connectivity index (χ1) is 8.85. The molecule has 5 nitrogen and oxygen atoms in total. The number of nitrogens with zero attached hydrogens (tertiary/aromatic N) is 4. The van der Waals surface area contributed by atoms with Gasteiger partial charge in [-0.1, -0.05) is 0 Å².